The van der Waals surface area contributed by atoms with Crippen molar-refractivity contribution in [3.05, 3.63) is 166 Å². The largest absolute Gasteiger partial charge is 1.00 e. The van der Waals surface area contributed by atoms with Crippen LogP contribution in [0.25, 0.3) is 36.9 Å². The van der Waals surface area contributed by atoms with E-state index in [2.05, 4.69) is 34.4 Å². The molecule has 1 aliphatic rings. The van der Waals surface area contributed by atoms with Gasteiger partial charge in [-0.2, -0.15) is 8.42 Å². The van der Waals surface area contributed by atoms with Crippen LogP contribution in [0.15, 0.2) is 100 Å². The molecule has 29 nitrogen and oxygen atoms in total. The molecule has 90 heavy (non-hydrogen) atoms. The van der Waals surface area contributed by atoms with Gasteiger partial charge < -0.3 is 36.7 Å². The van der Waals surface area contributed by atoms with Gasteiger partial charge in [-0.1, -0.05) is 53.0 Å². The van der Waals surface area contributed by atoms with Crippen molar-refractivity contribution >= 4 is 154 Å². The number of phenolic OH excluding ortho intramolecular Hbond substituents is 2. The summed E-state index contributed by atoms with van der Waals surface area (Å²) < 4.78 is 140. The van der Waals surface area contributed by atoms with Crippen LogP contribution in [0.3, 0.4) is 0 Å². The number of aliphatic hydroxyl groups is 1. The number of carbonyl (C=O) groups excluding carboxylic acids is 1. The summed E-state index contributed by atoms with van der Waals surface area (Å²) in [7, 11) is -11.6. The summed E-state index contributed by atoms with van der Waals surface area (Å²) in [6.07, 6.45) is 1.68. The molecule has 0 aromatic heterocycles. The zero-order chi connectivity index (χ0) is 68.3. The molecule has 4 aromatic rings. The molecule has 0 atom stereocenters. The number of sulfonamides is 2. The number of aromatic hydroxyl groups is 2. The summed E-state index contributed by atoms with van der Waals surface area (Å²) in [5, 5.41) is 43.3. The summed E-state index contributed by atoms with van der Waals surface area (Å²) in [5.41, 5.74) is 35.5. The Kier molecular flexibility index (Phi) is 59.8. The fourth-order valence-electron chi connectivity index (χ4n) is 5.02. The Morgan fingerprint density at radius 3 is 1.36 bits per heavy atom. The van der Waals surface area contributed by atoms with E-state index in [4.69, 9.17) is 128 Å². The maximum Gasteiger partial charge on any atom is 1.00 e. The third kappa shape index (κ3) is 67.3. The average Bonchev–Trinajstić information content (AvgIpc) is 1.49. The average molecular weight is 1570 g/mol. The van der Waals surface area contributed by atoms with Gasteiger partial charge in [0.2, 0.25) is 29.1 Å². The third-order valence-electron chi connectivity index (χ3n) is 8.36. The molecule has 1 aliphatic heterocycles. The smallest absolute Gasteiger partial charge is 0.748 e. The van der Waals surface area contributed by atoms with Gasteiger partial charge in [-0.15, -0.1) is 0 Å². The Labute approximate surface area is 603 Å². The van der Waals surface area contributed by atoms with E-state index >= 15 is 0 Å². The molecule has 5 rings (SSSR count). The van der Waals surface area contributed by atoms with Crippen molar-refractivity contribution in [3.8, 4) is 11.5 Å². The molecule has 0 amide bonds. The van der Waals surface area contributed by atoms with Gasteiger partial charge >= 0.3 is 119 Å². The van der Waals surface area contributed by atoms with Gasteiger partial charge in [-0.25, -0.2) is 52.7 Å². The minimum absolute atomic E-state index is 0. The van der Waals surface area contributed by atoms with Crippen molar-refractivity contribution in [2.75, 3.05) is 68.7 Å². The Balaban J connectivity index is -0.000000185. The zero-order valence-electron chi connectivity index (χ0n) is 46.8. The SMILES string of the molecule is C.CO.ClP(Cl)(Cl)(Cl)Cl.NCCCS(N)(=O)=O.NS(=O)(=O)CCCN=C(c1ccc(Cl)cc1)c1cc(F)ccc1O.O=C(c1ccc(Cl)cc1)c1cc(F)ccc1O.O=S1(=O)CCCO1.[N-]=[N+]=NCCCS(=O)(=O)Cl.[N-]=[N+]=NCCCS(=O)(=O)[O-].[N-]=[N+]=[N-].[Na+].[Na+]. The number of rotatable bonds is 19. The third-order valence-corrected chi connectivity index (χ3v) is 13.9. The molecule has 1 saturated heterocycles. The van der Waals surface area contributed by atoms with Crippen LogP contribution in [0.1, 0.15) is 66.6 Å². The normalized spacial score (nSPS) is 12.2. The van der Waals surface area contributed by atoms with E-state index in [1.54, 1.807) is 36.4 Å². The molecule has 0 radical (unpaired) electrons. The Morgan fingerprint density at radius 1 is 0.667 bits per heavy atom. The number of aliphatic imine (C=N–C) groups is 1. The summed E-state index contributed by atoms with van der Waals surface area (Å²) >= 11 is 36.5. The number of hydrogen-bond acceptors (Lipinski definition) is 20. The van der Waals surface area contributed by atoms with Gasteiger partial charge in [-0.05, 0) is 123 Å². The molecule has 1 heterocycles. The van der Waals surface area contributed by atoms with Crippen LogP contribution in [-0.2, 0) is 53.5 Å². The maximum absolute atomic E-state index is 13.5. The van der Waals surface area contributed by atoms with Gasteiger partial charge in [-0.3, -0.25) is 18.9 Å². The summed E-state index contributed by atoms with van der Waals surface area (Å²) in [6.45, 7) is 1.13. The molecule has 0 aliphatic carbocycles. The van der Waals surface area contributed by atoms with E-state index in [0.717, 1.165) is 31.4 Å². The van der Waals surface area contributed by atoms with Crippen LogP contribution in [-0.4, -0.2) is 142 Å². The first kappa shape index (κ1) is 101. The topological polar surface area (TPSA) is 527 Å². The van der Waals surface area contributed by atoms with E-state index in [9.17, 15) is 70.4 Å². The van der Waals surface area contributed by atoms with Gasteiger partial charge in [0.15, 0.2) is 5.78 Å². The fourth-order valence-corrected chi connectivity index (χ4v) is 8.61. The predicted molar refractivity (Wildman–Crippen MR) is 344 cm³/mol. The number of aliphatic hydroxyl groups excluding tert-OH is 1. The van der Waals surface area contributed by atoms with E-state index in [0.29, 0.717) is 52.9 Å². The molecule has 500 valence electrons. The number of primary sulfonamides is 2. The van der Waals surface area contributed by atoms with Gasteiger partial charge in [0.05, 0.1) is 51.0 Å². The van der Waals surface area contributed by atoms with Crippen LogP contribution >= 0.6 is 93.5 Å². The first-order valence-corrected chi connectivity index (χ1v) is 39.5. The second-order valence-corrected chi connectivity index (χ2v) is 42.5. The number of benzene rings is 4. The molecule has 0 bridgehead atoms. The predicted octanol–water partition coefficient (Wildman–Crippen LogP) is 5.39. The Hall–Kier alpha value is -2.13. The summed E-state index contributed by atoms with van der Waals surface area (Å²) in [6, 6.07) is 19.6. The number of nitrogens with zero attached hydrogens (tertiary/aromatic N) is 10. The number of phenols is 2. The number of ketones is 1. The molecule has 4 aromatic carbocycles. The number of halogens is 10. The Morgan fingerprint density at radius 2 is 1.03 bits per heavy atom. The molecule has 1 fully saturated rings. The summed E-state index contributed by atoms with van der Waals surface area (Å²) in [4.78, 5) is 22.6. The van der Waals surface area contributed by atoms with Crippen molar-refractivity contribution in [2.24, 2.45) is 31.2 Å². The van der Waals surface area contributed by atoms with Crippen LogP contribution in [0.4, 0.5) is 8.78 Å². The molecule has 0 unspecified atom stereocenters. The van der Waals surface area contributed by atoms with Crippen molar-refractivity contribution in [1.29, 1.82) is 0 Å². The van der Waals surface area contributed by atoms with E-state index in [-0.39, 0.29) is 151 Å². The van der Waals surface area contributed by atoms with Gasteiger partial charge in [0.1, 0.15) is 23.1 Å². The monoisotopic (exact) mass is 1570 g/mol. The minimum atomic E-state index is -4.14. The van der Waals surface area contributed by atoms with Gasteiger partial charge in [0, 0.05) is 79.7 Å². The summed E-state index contributed by atoms with van der Waals surface area (Å²) in [5.74, 6) is -2.54. The maximum atomic E-state index is 13.5. The second-order valence-electron chi connectivity index (χ2n) is 15.4. The van der Waals surface area contributed by atoms with Crippen molar-refractivity contribution in [2.45, 2.75) is 39.5 Å². The van der Waals surface area contributed by atoms with Crippen LogP contribution in [0, 0.1) is 11.6 Å². The second kappa shape index (κ2) is 53.1. The minimum Gasteiger partial charge on any atom is -0.748 e. The van der Waals surface area contributed by atoms with Crippen molar-refractivity contribution in [3.63, 3.8) is 0 Å². The fraction of sp³-hybridized carbons (Fsp3) is 0.395. The quantitative estimate of drug-likeness (QED) is 0.00585. The zero-order valence-corrected chi connectivity index (χ0v) is 61.8. The number of nitrogens with two attached hydrogens (primary N) is 3. The number of hydrogen-bond donors (Lipinski definition) is 6. The van der Waals surface area contributed by atoms with Crippen LogP contribution < -0.4 is 75.1 Å². The van der Waals surface area contributed by atoms with E-state index in [1.165, 1.54) is 29.2 Å². The van der Waals surface area contributed by atoms with Crippen molar-refractivity contribution < 1.29 is 139 Å². The molecule has 47 heteroatoms. The standard InChI is InChI=1S/C16H16ClFN2O3S.C13H8ClFO2.C3H6ClN3O2S.C3H7N3O3S.C3H10N2O2S.C3H6O3S.CH4O.CH4.Cl5P.N3.2Na/c17-12-4-2-11(3-5-12)16(20-8-1-9-24(19,22)23)14-10-13(18)6-7-15(14)21;14-9-3-1-8(2-4-9)13(17)11-7-10(15)5-6-12(11)16;4-10(8,9)3-1-2-6-7-5;4-6-5-2-1-3-10(7,8)9;4-2-1-3-8(5,6)7;4-7(5)3-1-2-6-7;1-2;;1-6(2,3,4)5;1-3-2;;/h2-7,10,21H,1,8-9H2,(H2,19,22,23);1-7,16H;1-3H2;1-3H2,(H,7,8,9);1-4H2,(H2,5,6,7);1-3H2;2H,1H3;1H4;;;;/q;;;;;;;;;-1;2*+1/p-1. The van der Waals surface area contributed by atoms with E-state index < -0.39 is 75.9 Å². The number of azide groups is 2. The molecular weight excluding hydrogens is 1510 g/mol. The van der Waals surface area contributed by atoms with Gasteiger partial charge in [0.25, 0.3) is 10.1 Å². The molecular formula is C43H60Cl8F2N13Na2O16PS5. The number of carbonyl (C=O) groups is 1. The van der Waals surface area contributed by atoms with Crippen LogP contribution in [0.5, 0.6) is 11.5 Å². The molecule has 9 N–H and O–H groups in total. The first-order valence-electron chi connectivity index (χ1n) is 23.0. The first-order chi connectivity index (χ1) is 39.9. The molecule has 0 saturated carbocycles. The Bertz CT molecular complexity index is 3440. The van der Waals surface area contributed by atoms with Crippen LogP contribution in [0.2, 0.25) is 10.0 Å². The van der Waals surface area contributed by atoms with E-state index in [1.807, 2.05) is 0 Å². The molecule has 0 spiro atoms. The van der Waals surface area contributed by atoms with Crippen molar-refractivity contribution in [1.82, 2.24) is 0 Å².